The molecule has 0 unspecified atom stereocenters. The second-order valence-electron chi connectivity index (χ2n) is 5.93. The molecule has 0 aliphatic carbocycles. The van der Waals surface area contributed by atoms with E-state index in [0.717, 1.165) is 0 Å². The highest BCUT2D eigenvalue weighted by Gasteiger charge is 2.17. The number of hydrogen-bond acceptors (Lipinski definition) is 3. The first-order valence-electron chi connectivity index (χ1n) is 8.15. The summed E-state index contributed by atoms with van der Waals surface area (Å²) in [5.74, 6) is 0.0988. The van der Waals surface area contributed by atoms with E-state index in [2.05, 4.69) is 4.98 Å². The molecule has 5 nitrogen and oxygen atoms in total. The Morgan fingerprint density at radius 1 is 1.19 bits per heavy atom. The molecule has 3 aromatic heterocycles. The van der Waals surface area contributed by atoms with Gasteiger partial charge in [0.1, 0.15) is 17.9 Å². The molecule has 0 radical (unpaired) electrons. The maximum atomic E-state index is 13.6. The lowest BCUT2D eigenvalue weighted by molar-refractivity contribution is -0.108. The molecule has 0 spiro atoms. The third-order valence-corrected chi connectivity index (χ3v) is 4.62. The van der Waals surface area contributed by atoms with Crippen molar-refractivity contribution < 1.29 is 9.18 Å². The van der Waals surface area contributed by atoms with Crippen LogP contribution in [0, 0.1) is 5.82 Å². The molecular weight excluding hydrogens is 369 g/mol. The van der Waals surface area contributed by atoms with Crippen LogP contribution < -0.4 is 5.56 Å². The Labute approximate surface area is 158 Å². The molecule has 0 aliphatic rings. The van der Waals surface area contributed by atoms with Gasteiger partial charge in [-0.3, -0.25) is 4.79 Å². The lowest BCUT2D eigenvalue weighted by Gasteiger charge is -2.05. The first-order valence-corrected chi connectivity index (χ1v) is 8.53. The van der Waals surface area contributed by atoms with Gasteiger partial charge in [0.05, 0.1) is 22.5 Å². The first-order chi connectivity index (χ1) is 13.1. The highest BCUT2D eigenvalue weighted by atomic mass is 35.5. The maximum Gasteiger partial charge on any atom is 0.261 e. The van der Waals surface area contributed by atoms with Crippen molar-refractivity contribution in [3.05, 3.63) is 82.2 Å². The fraction of sp³-hybridized carbons (Fsp3) is 0.0500. The van der Waals surface area contributed by atoms with Crippen molar-refractivity contribution in [3.8, 4) is 16.9 Å². The SMILES string of the molecule is O=CCn1ccc2c(c(-c3ccc(F)c(Cl)c3)cn2-c2ccccn2)c1=O. The molecule has 7 heteroatoms. The number of nitrogens with zero attached hydrogens (tertiary/aromatic N) is 3. The smallest absolute Gasteiger partial charge is 0.261 e. The predicted octanol–water partition coefficient (Wildman–Crippen LogP) is 3.85. The van der Waals surface area contributed by atoms with Gasteiger partial charge in [-0.2, -0.15) is 0 Å². The molecule has 4 aromatic rings. The lowest BCUT2D eigenvalue weighted by atomic mass is 10.1. The molecule has 0 aliphatic heterocycles. The molecule has 4 rings (SSSR count). The number of halogens is 2. The molecule has 3 heterocycles. The molecule has 0 amide bonds. The predicted molar refractivity (Wildman–Crippen MR) is 102 cm³/mol. The largest absolute Gasteiger partial charge is 0.308 e. The van der Waals surface area contributed by atoms with Crippen LogP contribution in [-0.2, 0) is 11.3 Å². The van der Waals surface area contributed by atoms with E-state index in [1.54, 1.807) is 41.4 Å². The second kappa shape index (κ2) is 6.81. The van der Waals surface area contributed by atoms with E-state index in [-0.39, 0.29) is 17.1 Å². The summed E-state index contributed by atoms with van der Waals surface area (Å²) in [6, 6.07) is 11.5. The normalized spacial score (nSPS) is 11.0. The zero-order chi connectivity index (χ0) is 19.0. The van der Waals surface area contributed by atoms with Gasteiger partial charge in [0.15, 0.2) is 0 Å². The number of benzene rings is 1. The minimum atomic E-state index is -0.535. The minimum absolute atomic E-state index is 0.0321. The number of rotatable bonds is 4. The number of aromatic nitrogens is 3. The number of pyridine rings is 2. The number of hydrogen-bond donors (Lipinski definition) is 0. The van der Waals surface area contributed by atoms with Crippen molar-refractivity contribution >= 4 is 28.8 Å². The zero-order valence-electron chi connectivity index (χ0n) is 14.0. The van der Waals surface area contributed by atoms with E-state index in [0.29, 0.717) is 34.1 Å². The van der Waals surface area contributed by atoms with Crippen molar-refractivity contribution in [1.29, 1.82) is 0 Å². The van der Waals surface area contributed by atoms with Crippen molar-refractivity contribution in [3.63, 3.8) is 0 Å². The molecule has 0 saturated carbocycles. The van der Waals surface area contributed by atoms with Crippen LogP contribution in [0.5, 0.6) is 0 Å². The summed E-state index contributed by atoms with van der Waals surface area (Å²) in [7, 11) is 0. The molecule has 0 atom stereocenters. The zero-order valence-corrected chi connectivity index (χ0v) is 14.7. The van der Waals surface area contributed by atoms with E-state index in [1.807, 2.05) is 12.1 Å². The summed E-state index contributed by atoms with van der Waals surface area (Å²) in [5, 5.41) is 0.378. The Bertz CT molecular complexity index is 1220. The van der Waals surface area contributed by atoms with E-state index in [9.17, 15) is 14.0 Å². The van der Waals surface area contributed by atoms with Gasteiger partial charge in [0, 0.05) is 24.2 Å². The summed E-state index contributed by atoms with van der Waals surface area (Å²) in [6.45, 7) is -0.0485. The van der Waals surface area contributed by atoms with Crippen LogP contribution in [0.25, 0.3) is 27.8 Å². The van der Waals surface area contributed by atoms with Crippen LogP contribution in [-0.4, -0.2) is 20.4 Å². The van der Waals surface area contributed by atoms with Crippen molar-refractivity contribution in [2.45, 2.75) is 6.54 Å². The summed E-state index contributed by atoms with van der Waals surface area (Å²) in [4.78, 5) is 28.2. The highest BCUT2D eigenvalue weighted by Crippen LogP contribution is 2.32. The van der Waals surface area contributed by atoms with Gasteiger partial charge in [0.2, 0.25) is 0 Å². The average Bonchev–Trinajstić information content (AvgIpc) is 3.07. The van der Waals surface area contributed by atoms with E-state index >= 15 is 0 Å². The summed E-state index contributed by atoms with van der Waals surface area (Å²) < 4.78 is 16.7. The highest BCUT2D eigenvalue weighted by molar-refractivity contribution is 6.31. The van der Waals surface area contributed by atoms with Crippen molar-refractivity contribution in [2.24, 2.45) is 0 Å². The number of aldehydes is 1. The van der Waals surface area contributed by atoms with Crippen LogP contribution >= 0.6 is 11.6 Å². The molecule has 134 valence electrons. The molecule has 1 aromatic carbocycles. The van der Waals surface area contributed by atoms with Gasteiger partial charge in [-0.15, -0.1) is 0 Å². The second-order valence-corrected chi connectivity index (χ2v) is 6.34. The minimum Gasteiger partial charge on any atom is -0.308 e. The Kier molecular flexibility index (Phi) is 4.33. The van der Waals surface area contributed by atoms with Crippen LogP contribution in [0.3, 0.4) is 0 Å². The van der Waals surface area contributed by atoms with Crippen molar-refractivity contribution in [2.75, 3.05) is 0 Å². The third-order valence-electron chi connectivity index (χ3n) is 4.33. The van der Waals surface area contributed by atoms with Gasteiger partial charge >= 0.3 is 0 Å². The number of carbonyl (C=O) groups excluding carboxylic acids is 1. The molecule has 0 bridgehead atoms. The Balaban J connectivity index is 2.07. The topological polar surface area (TPSA) is 56.9 Å². The van der Waals surface area contributed by atoms with Crippen LogP contribution in [0.1, 0.15) is 0 Å². The van der Waals surface area contributed by atoms with Gasteiger partial charge < -0.3 is 13.9 Å². The van der Waals surface area contributed by atoms with Crippen LogP contribution in [0.15, 0.2) is 65.8 Å². The molecule has 0 saturated heterocycles. The van der Waals surface area contributed by atoms with Gasteiger partial charge in [-0.25, -0.2) is 9.37 Å². The van der Waals surface area contributed by atoms with Gasteiger partial charge in [-0.1, -0.05) is 23.7 Å². The van der Waals surface area contributed by atoms with E-state index in [1.165, 1.54) is 16.7 Å². The monoisotopic (exact) mass is 381 g/mol. The molecular formula is C20H13ClFN3O2. The van der Waals surface area contributed by atoms with Crippen LogP contribution in [0.4, 0.5) is 4.39 Å². The third kappa shape index (κ3) is 2.94. The average molecular weight is 382 g/mol. The number of carbonyl (C=O) groups is 1. The maximum absolute atomic E-state index is 13.6. The summed E-state index contributed by atoms with van der Waals surface area (Å²) in [5.41, 5.74) is 1.51. The van der Waals surface area contributed by atoms with Crippen LogP contribution in [0.2, 0.25) is 5.02 Å². The van der Waals surface area contributed by atoms with E-state index in [4.69, 9.17) is 11.6 Å². The fourth-order valence-electron chi connectivity index (χ4n) is 3.07. The molecule has 27 heavy (non-hydrogen) atoms. The van der Waals surface area contributed by atoms with E-state index < -0.39 is 5.82 Å². The Morgan fingerprint density at radius 3 is 2.74 bits per heavy atom. The Hall–Kier alpha value is -3.25. The lowest BCUT2D eigenvalue weighted by Crippen LogP contribution is -2.20. The first kappa shape index (κ1) is 17.2. The fourth-order valence-corrected chi connectivity index (χ4v) is 3.25. The quantitative estimate of drug-likeness (QED) is 0.504. The molecule has 0 fully saturated rings. The van der Waals surface area contributed by atoms with Crippen molar-refractivity contribution in [1.82, 2.24) is 14.1 Å². The Morgan fingerprint density at radius 2 is 2.04 bits per heavy atom. The molecule has 0 N–H and O–H groups in total. The van der Waals surface area contributed by atoms with Gasteiger partial charge in [0.25, 0.3) is 5.56 Å². The summed E-state index contributed by atoms with van der Waals surface area (Å²) in [6.07, 6.45) is 5.66. The number of fused-ring (bicyclic) bond motifs is 1. The standard InChI is InChI=1S/C20H13ClFN3O2/c21-15-11-13(4-5-16(15)22)14-12-25(18-3-1-2-7-23-18)17-6-8-24(9-10-26)20(27)19(14)17/h1-8,10-12H,9H2. The summed E-state index contributed by atoms with van der Waals surface area (Å²) >= 11 is 5.94. The van der Waals surface area contributed by atoms with Gasteiger partial charge in [-0.05, 0) is 35.9 Å².